The molecule has 0 saturated heterocycles. The number of carbonyl (C=O) groups excluding carboxylic acids is 1. The van der Waals surface area contributed by atoms with Gasteiger partial charge < -0.3 is 19.5 Å². The monoisotopic (exact) mass is 410 g/mol. The number of para-hydroxylation sites is 1. The SMILES string of the molecule is CC1(C)Cc2cccc(OCC(=O)NCc3ccnc(OCC(F)(F)F)c3)c2O1. The fraction of sp³-hybridized carbons (Fsp3) is 0.400. The molecule has 3 rings (SSSR count). The Balaban J connectivity index is 1.50. The lowest BCUT2D eigenvalue weighted by Gasteiger charge is -2.18. The fourth-order valence-corrected chi connectivity index (χ4v) is 2.89. The van der Waals surface area contributed by atoms with Gasteiger partial charge in [0.2, 0.25) is 5.88 Å². The molecule has 1 aliphatic heterocycles. The first-order valence-electron chi connectivity index (χ1n) is 8.96. The lowest BCUT2D eigenvalue weighted by molar-refractivity contribution is -0.154. The number of carbonyl (C=O) groups is 1. The van der Waals surface area contributed by atoms with Gasteiger partial charge in [-0.05, 0) is 31.5 Å². The van der Waals surface area contributed by atoms with Crippen LogP contribution >= 0.6 is 0 Å². The number of ether oxygens (including phenoxy) is 3. The third kappa shape index (κ3) is 6.00. The molecule has 0 spiro atoms. The van der Waals surface area contributed by atoms with Crippen molar-refractivity contribution in [2.24, 2.45) is 0 Å². The summed E-state index contributed by atoms with van der Waals surface area (Å²) in [6, 6.07) is 8.45. The molecule has 6 nitrogen and oxygen atoms in total. The normalized spacial score (nSPS) is 14.7. The van der Waals surface area contributed by atoms with E-state index >= 15 is 0 Å². The Hall–Kier alpha value is -2.97. The van der Waals surface area contributed by atoms with Crippen molar-refractivity contribution in [1.29, 1.82) is 0 Å². The van der Waals surface area contributed by atoms with Crippen LogP contribution in [0.4, 0.5) is 13.2 Å². The van der Waals surface area contributed by atoms with Crippen molar-refractivity contribution in [3.63, 3.8) is 0 Å². The Kier molecular flexibility index (Phi) is 5.86. The highest BCUT2D eigenvalue weighted by molar-refractivity contribution is 5.77. The van der Waals surface area contributed by atoms with E-state index in [9.17, 15) is 18.0 Å². The van der Waals surface area contributed by atoms with Crippen molar-refractivity contribution < 1.29 is 32.2 Å². The molecule has 1 amide bonds. The summed E-state index contributed by atoms with van der Waals surface area (Å²) < 4.78 is 52.7. The second-order valence-corrected chi connectivity index (χ2v) is 7.25. The number of fused-ring (bicyclic) bond motifs is 1. The molecular formula is C20H21F3N2O4. The first-order valence-corrected chi connectivity index (χ1v) is 8.96. The van der Waals surface area contributed by atoms with Crippen LogP contribution in [0.2, 0.25) is 0 Å². The van der Waals surface area contributed by atoms with E-state index < -0.39 is 12.8 Å². The van der Waals surface area contributed by atoms with Crippen LogP contribution in [0.25, 0.3) is 0 Å². The zero-order valence-electron chi connectivity index (χ0n) is 16.0. The average molecular weight is 410 g/mol. The Morgan fingerprint density at radius 3 is 2.83 bits per heavy atom. The zero-order chi connectivity index (χ0) is 21.1. The second-order valence-electron chi connectivity index (χ2n) is 7.25. The summed E-state index contributed by atoms with van der Waals surface area (Å²) in [5, 5.41) is 2.64. The minimum atomic E-state index is -4.44. The maximum Gasteiger partial charge on any atom is 0.422 e. The van der Waals surface area contributed by atoms with E-state index in [1.54, 1.807) is 12.1 Å². The maximum absolute atomic E-state index is 12.2. The molecule has 0 aliphatic carbocycles. The number of alkyl halides is 3. The summed E-state index contributed by atoms with van der Waals surface area (Å²) in [4.78, 5) is 15.8. The van der Waals surface area contributed by atoms with E-state index in [4.69, 9.17) is 9.47 Å². The van der Waals surface area contributed by atoms with Gasteiger partial charge in [-0.2, -0.15) is 13.2 Å². The van der Waals surface area contributed by atoms with E-state index in [1.807, 2.05) is 26.0 Å². The van der Waals surface area contributed by atoms with Crippen molar-refractivity contribution in [3.05, 3.63) is 47.7 Å². The Morgan fingerprint density at radius 1 is 1.28 bits per heavy atom. The van der Waals surface area contributed by atoms with Crippen molar-refractivity contribution >= 4 is 5.91 Å². The lowest BCUT2D eigenvalue weighted by Crippen LogP contribution is -2.28. The van der Waals surface area contributed by atoms with E-state index in [1.165, 1.54) is 12.3 Å². The highest BCUT2D eigenvalue weighted by atomic mass is 19.4. The van der Waals surface area contributed by atoms with Crippen LogP contribution in [0.15, 0.2) is 36.5 Å². The van der Waals surface area contributed by atoms with Crippen LogP contribution in [0, 0.1) is 0 Å². The van der Waals surface area contributed by atoms with Crippen molar-refractivity contribution in [2.75, 3.05) is 13.2 Å². The molecular weight excluding hydrogens is 389 g/mol. The quantitative estimate of drug-likeness (QED) is 0.758. The van der Waals surface area contributed by atoms with Crippen LogP contribution in [0.3, 0.4) is 0 Å². The molecule has 0 bridgehead atoms. The van der Waals surface area contributed by atoms with Gasteiger partial charge in [0.25, 0.3) is 5.91 Å². The Morgan fingerprint density at radius 2 is 2.07 bits per heavy atom. The predicted molar refractivity (Wildman–Crippen MR) is 98.0 cm³/mol. The van der Waals surface area contributed by atoms with Gasteiger partial charge in [-0.3, -0.25) is 4.79 Å². The number of nitrogens with one attached hydrogen (secondary N) is 1. The number of nitrogens with zero attached hydrogens (tertiary/aromatic N) is 1. The minimum absolute atomic E-state index is 0.101. The number of hydrogen-bond acceptors (Lipinski definition) is 5. The first-order chi connectivity index (χ1) is 13.6. The van der Waals surface area contributed by atoms with Gasteiger partial charge in [-0.1, -0.05) is 12.1 Å². The molecule has 0 unspecified atom stereocenters. The molecule has 0 atom stereocenters. The smallest absolute Gasteiger partial charge is 0.422 e. The van der Waals surface area contributed by atoms with Crippen molar-refractivity contribution in [3.8, 4) is 17.4 Å². The van der Waals surface area contributed by atoms with Crippen LogP contribution in [-0.2, 0) is 17.8 Å². The van der Waals surface area contributed by atoms with Crippen LogP contribution in [-0.4, -0.2) is 35.9 Å². The van der Waals surface area contributed by atoms with E-state index in [2.05, 4.69) is 15.0 Å². The number of halogens is 3. The van der Waals surface area contributed by atoms with Gasteiger partial charge in [-0.25, -0.2) is 4.98 Å². The molecule has 2 aromatic rings. The highest BCUT2D eigenvalue weighted by Gasteiger charge is 2.32. The Bertz CT molecular complexity index is 884. The van der Waals surface area contributed by atoms with Gasteiger partial charge in [-0.15, -0.1) is 0 Å². The summed E-state index contributed by atoms with van der Waals surface area (Å²) in [5.74, 6) is 0.597. The second kappa shape index (κ2) is 8.18. The molecule has 2 heterocycles. The van der Waals surface area contributed by atoms with Gasteiger partial charge in [0, 0.05) is 30.8 Å². The number of pyridine rings is 1. The predicted octanol–water partition coefficient (Wildman–Crippen LogP) is 3.43. The van der Waals surface area contributed by atoms with Crippen molar-refractivity contribution in [1.82, 2.24) is 10.3 Å². The molecule has 9 heteroatoms. The number of rotatable bonds is 7. The molecule has 0 radical (unpaired) electrons. The molecule has 156 valence electrons. The van der Waals surface area contributed by atoms with Gasteiger partial charge >= 0.3 is 6.18 Å². The molecule has 1 aromatic carbocycles. The molecule has 1 aliphatic rings. The summed E-state index contributed by atoms with van der Waals surface area (Å²) in [5.41, 5.74) is 1.25. The molecule has 0 fully saturated rings. The van der Waals surface area contributed by atoms with Crippen LogP contribution < -0.4 is 19.5 Å². The molecule has 1 N–H and O–H groups in total. The molecule has 1 aromatic heterocycles. The first kappa shape index (κ1) is 20.8. The minimum Gasteiger partial charge on any atom is -0.483 e. The summed E-state index contributed by atoms with van der Waals surface area (Å²) >= 11 is 0. The summed E-state index contributed by atoms with van der Waals surface area (Å²) in [6.07, 6.45) is -2.37. The largest absolute Gasteiger partial charge is 0.483 e. The number of benzene rings is 1. The zero-order valence-corrected chi connectivity index (χ0v) is 16.0. The topological polar surface area (TPSA) is 69.7 Å². The van der Waals surface area contributed by atoms with E-state index in [-0.39, 0.29) is 30.5 Å². The molecule has 29 heavy (non-hydrogen) atoms. The van der Waals surface area contributed by atoms with Crippen LogP contribution in [0.1, 0.15) is 25.0 Å². The third-order valence-corrected chi connectivity index (χ3v) is 4.09. The Labute approximate surface area is 166 Å². The summed E-state index contributed by atoms with van der Waals surface area (Å²) in [7, 11) is 0. The standard InChI is InChI=1S/C20H21F3N2O4/c1-19(2)9-14-4-3-5-15(18(14)29-19)27-11-16(26)25-10-13-6-7-24-17(8-13)28-12-20(21,22)23/h3-8H,9-12H2,1-2H3,(H,25,26). The van der Waals surface area contributed by atoms with Crippen molar-refractivity contribution in [2.45, 2.75) is 38.6 Å². The number of amides is 1. The van der Waals surface area contributed by atoms with E-state index in [0.29, 0.717) is 17.1 Å². The van der Waals surface area contributed by atoms with Gasteiger partial charge in [0.05, 0.1) is 0 Å². The van der Waals surface area contributed by atoms with Crippen LogP contribution in [0.5, 0.6) is 17.4 Å². The molecule has 0 saturated carbocycles. The number of aromatic nitrogens is 1. The highest BCUT2D eigenvalue weighted by Crippen LogP contribution is 2.41. The maximum atomic E-state index is 12.2. The number of hydrogen-bond donors (Lipinski definition) is 1. The average Bonchev–Trinajstić information content (AvgIpc) is 2.97. The van der Waals surface area contributed by atoms with Gasteiger partial charge in [0.1, 0.15) is 5.60 Å². The third-order valence-electron chi connectivity index (χ3n) is 4.09. The van der Waals surface area contributed by atoms with E-state index in [0.717, 1.165) is 12.0 Å². The lowest BCUT2D eigenvalue weighted by atomic mass is 10.0. The fourth-order valence-electron chi connectivity index (χ4n) is 2.89. The summed E-state index contributed by atoms with van der Waals surface area (Å²) in [6.45, 7) is 2.41. The van der Waals surface area contributed by atoms with Gasteiger partial charge in [0.15, 0.2) is 24.7 Å².